The van der Waals surface area contributed by atoms with Crippen LogP contribution in [0.5, 0.6) is 0 Å². The highest BCUT2D eigenvalue weighted by Gasteiger charge is 2.17. The summed E-state index contributed by atoms with van der Waals surface area (Å²) in [7, 11) is 1.91. The molecule has 90 valence electrons. The summed E-state index contributed by atoms with van der Waals surface area (Å²) in [5.41, 5.74) is 2.33. The molecule has 1 aliphatic heterocycles. The number of rotatable bonds is 3. The minimum Gasteiger partial charge on any atom is -0.314 e. The average Bonchev–Trinajstić information content (AvgIpc) is 2.58. The molecular weight excluding hydrogens is 224 g/mol. The quantitative estimate of drug-likeness (QED) is 0.860. The summed E-state index contributed by atoms with van der Waals surface area (Å²) in [6.45, 7) is 7.37. The summed E-state index contributed by atoms with van der Waals surface area (Å²) in [5, 5.41) is 8.58. The van der Waals surface area contributed by atoms with E-state index >= 15 is 0 Å². The molecule has 4 nitrogen and oxygen atoms in total. The van der Waals surface area contributed by atoms with Crippen molar-refractivity contribution >= 4 is 11.6 Å². The molecule has 2 heterocycles. The van der Waals surface area contributed by atoms with Crippen molar-refractivity contribution in [3.63, 3.8) is 0 Å². The minimum atomic E-state index is 0.787. The van der Waals surface area contributed by atoms with Crippen molar-refractivity contribution in [3.8, 4) is 0 Å². The van der Waals surface area contributed by atoms with Crippen LogP contribution in [0.2, 0.25) is 5.15 Å². The first-order chi connectivity index (χ1) is 7.72. The van der Waals surface area contributed by atoms with E-state index in [2.05, 4.69) is 22.2 Å². The monoisotopic (exact) mass is 242 g/mol. The number of piperazine rings is 1. The van der Waals surface area contributed by atoms with Crippen molar-refractivity contribution < 1.29 is 0 Å². The number of nitrogens with one attached hydrogen (secondary N) is 1. The van der Waals surface area contributed by atoms with Gasteiger partial charge in [0.05, 0.1) is 5.69 Å². The van der Waals surface area contributed by atoms with Crippen molar-refractivity contribution in [2.75, 3.05) is 26.2 Å². The van der Waals surface area contributed by atoms with Crippen molar-refractivity contribution in [2.24, 2.45) is 7.05 Å². The number of hydrogen-bond donors (Lipinski definition) is 1. The smallest absolute Gasteiger partial charge is 0.131 e. The lowest BCUT2D eigenvalue weighted by Crippen LogP contribution is -2.43. The van der Waals surface area contributed by atoms with Crippen LogP contribution in [0.3, 0.4) is 0 Å². The topological polar surface area (TPSA) is 33.1 Å². The second-order valence-corrected chi connectivity index (χ2v) is 4.58. The Labute approximate surface area is 102 Å². The average molecular weight is 243 g/mol. The number of nitrogens with zero attached hydrogens (tertiary/aromatic N) is 3. The first kappa shape index (κ1) is 11.9. The molecular formula is C11H19ClN4. The fourth-order valence-electron chi connectivity index (χ4n) is 2.13. The lowest BCUT2D eigenvalue weighted by molar-refractivity contribution is 0.232. The van der Waals surface area contributed by atoms with Crippen LogP contribution in [0.1, 0.15) is 18.2 Å². The highest BCUT2D eigenvalue weighted by atomic mass is 35.5. The van der Waals surface area contributed by atoms with Gasteiger partial charge in [0.1, 0.15) is 5.15 Å². The van der Waals surface area contributed by atoms with Crippen molar-refractivity contribution in [2.45, 2.75) is 19.9 Å². The van der Waals surface area contributed by atoms with E-state index in [4.69, 9.17) is 11.6 Å². The lowest BCUT2D eigenvalue weighted by atomic mass is 10.2. The third-order valence-corrected chi connectivity index (χ3v) is 3.55. The van der Waals surface area contributed by atoms with Gasteiger partial charge in [-0.15, -0.1) is 0 Å². The number of halogens is 1. The van der Waals surface area contributed by atoms with E-state index in [-0.39, 0.29) is 0 Å². The van der Waals surface area contributed by atoms with Gasteiger partial charge in [-0.1, -0.05) is 18.5 Å². The lowest BCUT2D eigenvalue weighted by Gasteiger charge is -2.27. The molecule has 0 unspecified atom stereocenters. The molecule has 0 saturated carbocycles. The van der Waals surface area contributed by atoms with Crippen molar-refractivity contribution in [3.05, 3.63) is 16.4 Å². The Hall–Kier alpha value is -0.580. The van der Waals surface area contributed by atoms with Gasteiger partial charge in [-0.3, -0.25) is 9.58 Å². The van der Waals surface area contributed by atoms with Crippen molar-refractivity contribution in [1.82, 2.24) is 20.0 Å². The molecule has 0 bridgehead atoms. The van der Waals surface area contributed by atoms with Crippen LogP contribution in [0.25, 0.3) is 0 Å². The largest absolute Gasteiger partial charge is 0.314 e. The van der Waals surface area contributed by atoms with Gasteiger partial charge < -0.3 is 5.32 Å². The van der Waals surface area contributed by atoms with E-state index in [9.17, 15) is 0 Å². The SMILES string of the molecule is CCc1nn(C)c(Cl)c1CN1CCNCC1. The molecule has 1 fully saturated rings. The van der Waals surface area contributed by atoms with Crippen LogP contribution in [0, 0.1) is 0 Å². The Bertz CT molecular complexity index is 355. The Morgan fingerprint density at radius 3 is 2.69 bits per heavy atom. The predicted octanol–water partition coefficient (Wildman–Crippen LogP) is 1.04. The van der Waals surface area contributed by atoms with Gasteiger partial charge in [-0.05, 0) is 6.42 Å². The molecule has 1 N–H and O–H groups in total. The molecule has 0 atom stereocenters. The summed E-state index contributed by atoms with van der Waals surface area (Å²) in [6, 6.07) is 0. The molecule has 5 heteroatoms. The zero-order chi connectivity index (χ0) is 11.5. The Morgan fingerprint density at radius 2 is 2.06 bits per heavy atom. The Balaban J connectivity index is 2.12. The Kier molecular flexibility index (Phi) is 3.84. The molecule has 1 saturated heterocycles. The first-order valence-electron chi connectivity index (χ1n) is 5.85. The summed E-state index contributed by atoms with van der Waals surface area (Å²) in [4.78, 5) is 2.43. The van der Waals surface area contributed by atoms with Gasteiger partial charge in [0.2, 0.25) is 0 Å². The van der Waals surface area contributed by atoms with E-state index < -0.39 is 0 Å². The second-order valence-electron chi connectivity index (χ2n) is 4.22. The Morgan fingerprint density at radius 1 is 1.38 bits per heavy atom. The zero-order valence-corrected chi connectivity index (χ0v) is 10.7. The van der Waals surface area contributed by atoms with Gasteiger partial charge >= 0.3 is 0 Å². The molecule has 0 aromatic carbocycles. The van der Waals surface area contributed by atoms with E-state index in [0.29, 0.717) is 0 Å². The fraction of sp³-hybridized carbons (Fsp3) is 0.727. The first-order valence-corrected chi connectivity index (χ1v) is 6.23. The molecule has 1 aromatic heterocycles. The van der Waals surface area contributed by atoms with Gasteiger partial charge in [-0.2, -0.15) is 5.10 Å². The van der Waals surface area contributed by atoms with Crippen molar-refractivity contribution in [1.29, 1.82) is 0 Å². The summed E-state index contributed by atoms with van der Waals surface area (Å²) < 4.78 is 1.78. The predicted molar refractivity (Wildman–Crippen MR) is 65.7 cm³/mol. The standard InChI is InChI=1S/C11H19ClN4/c1-3-10-9(11(12)15(2)14-10)8-16-6-4-13-5-7-16/h13H,3-8H2,1-2H3. The van der Waals surface area contributed by atoms with Gasteiger partial charge in [0, 0.05) is 45.3 Å². The molecule has 0 spiro atoms. The maximum absolute atomic E-state index is 6.27. The highest BCUT2D eigenvalue weighted by molar-refractivity contribution is 6.30. The number of aromatic nitrogens is 2. The van der Waals surface area contributed by atoms with Crippen LogP contribution in [-0.4, -0.2) is 40.9 Å². The third-order valence-electron chi connectivity index (χ3n) is 3.08. The van der Waals surface area contributed by atoms with Crippen LogP contribution in [0.15, 0.2) is 0 Å². The summed E-state index contributed by atoms with van der Waals surface area (Å²) in [6.07, 6.45) is 0.946. The molecule has 0 aliphatic carbocycles. The van der Waals surface area contributed by atoms with Gasteiger partial charge in [0.15, 0.2) is 0 Å². The minimum absolute atomic E-state index is 0.787. The molecule has 0 amide bonds. The van der Waals surface area contributed by atoms with Gasteiger partial charge in [-0.25, -0.2) is 0 Å². The third kappa shape index (κ3) is 2.39. The van der Waals surface area contributed by atoms with E-state index in [0.717, 1.165) is 50.0 Å². The maximum atomic E-state index is 6.27. The maximum Gasteiger partial charge on any atom is 0.131 e. The summed E-state index contributed by atoms with van der Waals surface area (Å²) >= 11 is 6.27. The zero-order valence-electron chi connectivity index (χ0n) is 9.96. The molecule has 2 rings (SSSR count). The number of aryl methyl sites for hydroxylation is 2. The van der Waals surface area contributed by atoms with Crippen LogP contribution in [-0.2, 0) is 20.0 Å². The van der Waals surface area contributed by atoms with Gasteiger partial charge in [0.25, 0.3) is 0 Å². The van der Waals surface area contributed by atoms with Crippen LogP contribution < -0.4 is 5.32 Å². The molecule has 1 aliphatic rings. The number of hydrogen-bond acceptors (Lipinski definition) is 3. The molecule has 1 aromatic rings. The fourth-order valence-corrected chi connectivity index (χ4v) is 2.34. The highest BCUT2D eigenvalue weighted by Crippen LogP contribution is 2.21. The molecule has 0 radical (unpaired) electrons. The van der Waals surface area contributed by atoms with E-state index in [1.54, 1.807) is 4.68 Å². The molecule has 16 heavy (non-hydrogen) atoms. The summed E-state index contributed by atoms with van der Waals surface area (Å²) in [5.74, 6) is 0. The second kappa shape index (κ2) is 5.17. The van der Waals surface area contributed by atoms with E-state index in [1.165, 1.54) is 5.56 Å². The van der Waals surface area contributed by atoms with Crippen LogP contribution >= 0.6 is 11.6 Å². The van der Waals surface area contributed by atoms with E-state index in [1.807, 2.05) is 7.05 Å². The van der Waals surface area contributed by atoms with Crippen LogP contribution in [0.4, 0.5) is 0 Å². The normalized spacial score (nSPS) is 17.9.